The molecule has 0 aliphatic carbocycles. The fraction of sp³-hybridized carbons (Fsp3) is 1.00. The first kappa shape index (κ1) is 5.49. The van der Waals surface area contributed by atoms with Gasteiger partial charge in [0, 0.05) is 5.25 Å². The molecule has 0 N–H and O–H groups in total. The van der Waals surface area contributed by atoms with E-state index in [1.54, 1.807) is 0 Å². The van der Waals surface area contributed by atoms with E-state index in [9.17, 15) is 0 Å². The fourth-order valence-electron chi connectivity index (χ4n) is 0.945. The Morgan fingerprint density at radius 1 is 1.71 bits per heavy atom. The van der Waals surface area contributed by atoms with Gasteiger partial charge >= 0.3 is 0 Å². The average molecular weight is 116 g/mol. The lowest BCUT2D eigenvalue weighted by Crippen LogP contribution is -2.26. The third kappa shape index (κ3) is 0.933. The maximum Gasteiger partial charge on any atom is 0.00780 e. The molecule has 42 valence electrons. The molecule has 0 aromatic heterocycles. The zero-order chi connectivity index (χ0) is 5.28. The lowest BCUT2D eigenvalue weighted by atomic mass is 10.1. The van der Waals surface area contributed by atoms with Gasteiger partial charge in [0.15, 0.2) is 0 Å². The Bertz CT molecular complexity index is 59.2. The summed E-state index contributed by atoms with van der Waals surface area (Å²) < 4.78 is 0. The zero-order valence-electron chi connectivity index (χ0n) is 4.98. The Morgan fingerprint density at radius 3 is 2.43 bits per heavy atom. The molecule has 1 heteroatoms. The van der Waals surface area contributed by atoms with Crippen molar-refractivity contribution in [2.24, 2.45) is 5.92 Å². The predicted molar refractivity (Wildman–Crippen MR) is 35.7 cm³/mol. The first-order valence-corrected chi connectivity index (χ1v) is 4.01. The minimum absolute atomic E-state index is 1.000. The molecule has 0 spiro atoms. The van der Waals surface area contributed by atoms with Crippen LogP contribution in [0.2, 0.25) is 0 Å². The van der Waals surface area contributed by atoms with Gasteiger partial charge in [-0.15, -0.1) is 0 Å². The lowest BCUT2D eigenvalue weighted by molar-refractivity contribution is 0.562. The summed E-state index contributed by atoms with van der Waals surface area (Å²) in [7, 11) is 0. The largest absolute Gasteiger partial charge is 0.158 e. The van der Waals surface area contributed by atoms with E-state index >= 15 is 0 Å². The Hall–Kier alpha value is 0.350. The summed E-state index contributed by atoms with van der Waals surface area (Å²) in [6.07, 6.45) is 1.37. The predicted octanol–water partition coefficient (Wildman–Crippen LogP) is 2.15. The van der Waals surface area contributed by atoms with Crippen LogP contribution in [0.1, 0.15) is 20.3 Å². The molecule has 0 nitrogen and oxygen atoms in total. The maximum atomic E-state index is 2.34. The molecule has 7 heavy (non-hydrogen) atoms. The van der Waals surface area contributed by atoms with E-state index in [-0.39, 0.29) is 0 Å². The van der Waals surface area contributed by atoms with Crippen LogP contribution in [0.25, 0.3) is 0 Å². The quantitative estimate of drug-likeness (QED) is 0.506. The minimum atomic E-state index is 1.000. The minimum Gasteiger partial charge on any atom is -0.158 e. The van der Waals surface area contributed by atoms with E-state index < -0.39 is 0 Å². The van der Waals surface area contributed by atoms with Crippen LogP contribution < -0.4 is 0 Å². The molecule has 1 aliphatic rings. The van der Waals surface area contributed by atoms with Gasteiger partial charge in [-0.1, -0.05) is 13.8 Å². The Kier molecular flexibility index (Phi) is 1.63. The van der Waals surface area contributed by atoms with Gasteiger partial charge in [0.2, 0.25) is 0 Å². The zero-order valence-corrected chi connectivity index (χ0v) is 5.79. The second-order valence-corrected chi connectivity index (χ2v) is 3.53. The number of hydrogen-bond donors (Lipinski definition) is 0. The van der Waals surface area contributed by atoms with Crippen LogP contribution in [0.4, 0.5) is 0 Å². The summed E-state index contributed by atoms with van der Waals surface area (Å²) >= 11 is 2.11. The summed E-state index contributed by atoms with van der Waals surface area (Å²) in [5.74, 6) is 2.41. The third-order valence-corrected chi connectivity index (χ3v) is 3.55. The molecule has 0 unspecified atom stereocenters. The lowest BCUT2D eigenvalue weighted by Gasteiger charge is -2.31. The topological polar surface area (TPSA) is 0 Å². The van der Waals surface area contributed by atoms with Crippen LogP contribution in [-0.4, -0.2) is 11.0 Å². The van der Waals surface area contributed by atoms with E-state index in [1.807, 2.05) is 0 Å². The Labute approximate surface area is 49.7 Å². The molecular formula is C6H12S. The molecule has 1 fully saturated rings. The summed E-state index contributed by atoms with van der Waals surface area (Å²) in [6, 6.07) is 0. The van der Waals surface area contributed by atoms with Gasteiger partial charge in [-0.25, -0.2) is 0 Å². The number of hydrogen-bond acceptors (Lipinski definition) is 1. The molecule has 2 atom stereocenters. The van der Waals surface area contributed by atoms with Gasteiger partial charge in [-0.2, -0.15) is 11.8 Å². The van der Waals surface area contributed by atoms with Crippen molar-refractivity contribution < 1.29 is 0 Å². The van der Waals surface area contributed by atoms with Gasteiger partial charge in [0.25, 0.3) is 0 Å². The van der Waals surface area contributed by atoms with Crippen LogP contribution in [0, 0.1) is 5.92 Å². The molecule has 1 saturated heterocycles. The summed E-state index contributed by atoms with van der Waals surface area (Å²) in [6.45, 7) is 4.61. The van der Waals surface area contributed by atoms with E-state index in [0.717, 1.165) is 11.2 Å². The highest BCUT2D eigenvalue weighted by Crippen LogP contribution is 2.35. The SMILES string of the molecule is CC[C@@H]1SC[C@@H]1C. The smallest absolute Gasteiger partial charge is 0.00780 e. The van der Waals surface area contributed by atoms with Crippen molar-refractivity contribution in [3.8, 4) is 0 Å². The second-order valence-electron chi connectivity index (χ2n) is 2.26. The molecule has 0 amide bonds. The summed E-state index contributed by atoms with van der Waals surface area (Å²) in [5.41, 5.74) is 0. The fourth-order valence-corrected chi connectivity index (χ4v) is 2.03. The van der Waals surface area contributed by atoms with Gasteiger partial charge in [-0.3, -0.25) is 0 Å². The van der Waals surface area contributed by atoms with E-state index in [1.165, 1.54) is 12.2 Å². The third-order valence-electron chi connectivity index (χ3n) is 1.61. The van der Waals surface area contributed by atoms with E-state index in [0.29, 0.717) is 0 Å². The molecule has 1 aliphatic heterocycles. The highest BCUT2D eigenvalue weighted by Gasteiger charge is 2.24. The molecule has 0 aromatic rings. The molecule has 0 radical (unpaired) electrons. The summed E-state index contributed by atoms with van der Waals surface area (Å²) in [5, 5.41) is 1.000. The van der Waals surface area contributed by atoms with Crippen LogP contribution in [-0.2, 0) is 0 Å². The van der Waals surface area contributed by atoms with Crippen molar-refractivity contribution in [2.45, 2.75) is 25.5 Å². The highest BCUT2D eigenvalue weighted by molar-refractivity contribution is 8.01. The van der Waals surface area contributed by atoms with Gasteiger partial charge in [-0.05, 0) is 18.1 Å². The molecule has 0 saturated carbocycles. The number of rotatable bonds is 1. The van der Waals surface area contributed by atoms with Crippen molar-refractivity contribution in [1.29, 1.82) is 0 Å². The van der Waals surface area contributed by atoms with Crippen LogP contribution >= 0.6 is 11.8 Å². The molecule has 0 bridgehead atoms. The first-order valence-electron chi connectivity index (χ1n) is 2.96. The van der Waals surface area contributed by atoms with Crippen molar-refractivity contribution in [1.82, 2.24) is 0 Å². The maximum absolute atomic E-state index is 2.34. The van der Waals surface area contributed by atoms with Crippen molar-refractivity contribution in [3.63, 3.8) is 0 Å². The highest BCUT2D eigenvalue weighted by atomic mass is 32.2. The van der Waals surface area contributed by atoms with Crippen LogP contribution in [0.15, 0.2) is 0 Å². The first-order chi connectivity index (χ1) is 3.34. The molecule has 1 heterocycles. The van der Waals surface area contributed by atoms with Gasteiger partial charge in [0.1, 0.15) is 0 Å². The van der Waals surface area contributed by atoms with Crippen molar-refractivity contribution in [3.05, 3.63) is 0 Å². The standard InChI is InChI=1S/C6H12S/c1-3-6-5(2)4-7-6/h5-6H,3-4H2,1-2H3/t5-,6-/m0/s1. The van der Waals surface area contributed by atoms with E-state index in [2.05, 4.69) is 25.6 Å². The van der Waals surface area contributed by atoms with Crippen molar-refractivity contribution >= 4 is 11.8 Å². The normalized spacial score (nSPS) is 40.3. The van der Waals surface area contributed by atoms with Crippen molar-refractivity contribution in [2.75, 3.05) is 5.75 Å². The molecular weight excluding hydrogens is 104 g/mol. The average Bonchev–Trinajstić information content (AvgIpc) is 1.65. The summed E-state index contributed by atoms with van der Waals surface area (Å²) in [4.78, 5) is 0. The van der Waals surface area contributed by atoms with Crippen LogP contribution in [0.3, 0.4) is 0 Å². The Balaban J connectivity index is 2.16. The van der Waals surface area contributed by atoms with E-state index in [4.69, 9.17) is 0 Å². The van der Waals surface area contributed by atoms with Gasteiger partial charge < -0.3 is 0 Å². The second kappa shape index (κ2) is 2.08. The van der Waals surface area contributed by atoms with Gasteiger partial charge in [0.05, 0.1) is 0 Å². The molecule has 1 rings (SSSR count). The number of thioether (sulfide) groups is 1. The Morgan fingerprint density at radius 2 is 2.43 bits per heavy atom. The monoisotopic (exact) mass is 116 g/mol. The molecule has 0 aromatic carbocycles. The van der Waals surface area contributed by atoms with Crippen LogP contribution in [0.5, 0.6) is 0 Å².